The zero-order valence-corrected chi connectivity index (χ0v) is 8.44. The number of carbonyl (C=O) groups is 1. The van der Waals surface area contributed by atoms with Crippen LogP contribution in [0.25, 0.3) is 0 Å². The van der Waals surface area contributed by atoms with Crippen molar-refractivity contribution >= 4 is 11.7 Å². The molecule has 0 aliphatic carbocycles. The smallest absolute Gasteiger partial charge is 0.275 e. The Balaban J connectivity index is 2.17. The molecule has 0 fully saturated rings. The molecular weight excluding hydrogens is 210 g/mol. The molecule has 0 aliphatic rings. The molecule has 0 aromatic carbocycles. The van der Waals surface area contributed by atoms with Gasteiger partial charge in [0.2, 0.25) is 0 Å². The summed E-state index contributed by atoms with van der Waals surface area (Å²) < 4.78 is 0. The van der Waals surface area contributed by atoms with Crippen LogP contribution in [-0.2, 0) is 0 Å². The highest BCUT2D eigenvalue weighted by atomic mass is 16.2. The van der Waals surface area contributed by atoms with E-state index in [0.29, 0.717) is 5.82 Å². The van der Waals surface area contributed by atoms with Crippen molar-refractivity contribution in [2.45, 2.75) is 6.92 Å². The third-order valence-corrected chi connectivity index (χ3v) is 1.86. The highest BCUT2D eigenvalue weighted by molar-refractivity contribution is 6.02. The molecule has 7 nitrogen and oxygen atoms in total. The minimum atomic E-state index is -0.474. The number of nitrogens with zero attached hydrogens (tertiary/aromatic N) is 2. The summed E-state index contributed by atoms with van der Waals surface area (Å²) in [5, 5.41) is 9.03. The zero-order valence-electron chi connectivity index (χ0n) is 8.44. The van der Waals surface area contributed by atoms with E-state index < -0.39 is 5.91 Å². The zero-order chi connectivity index (χ0) is 11.5. The topological polar surface area (TPSA) is 104 Å². The standard InChI is InChI=1S/C9H9N5O2/c1-5-2-7(14-13-5)12-9(16)6-3-8(15)11-4-10-6/h2-4H,1H3,(H,10,11,15)(H2,12,13,14,16). The van der Waals surface area contributed by atoms with Gasteiger partial charge in [0.25, 0.3) is 11.5 Å². The number of aryl methyl sites for hydroxylation is 1. The Bertz CT molecular complexity index is 571. The quantitative estimate of drug-likeness (QED) is 0.664. The van der Waals surface area contributed by atoms with Gasteiger partial charge in [0, 0.05) is 17.8 Å². The lowest BCUT2D eigenvalue weighted by Gasteiger charge is -1.99. The van der Waals surface area contributed by atoms with Crippen LogP contribution in [0.1, 0.15) is 16.2 Å². The van der Waals surface area contributed by atoms with Crippen LogP contribution in [0.5, 0.6) is 0 Å². The molecule has 2 rings (SSSR count). The number of anilines is 1. The first-order valence-electron chi connectivity index (χ1n) is 4.53. The van der Waals surface area contributed by atoms with E-state index in [1.165, 1.54) is 6.33 Å². The fourth-order valence-electron chi connectivity index (χ4n) is 1.16. The Labute approximate surface area is 89.9 Å². The number of hydrogen-bond acceptors (Lipinski definition) is 4. The van der Waals surface area contributed by atoms with Gasteiger partial charge in [-0.1, -0.05) is 0 Å². The Morgan fingerprint density at radius 2 is 2.25 bits per heavy atom. The molecule has 82 valence electrons. The largest absolute Gasteiger partial charge is 0.313 e. The van der Waals surface area contributed by atoms with E-state index in [2.05, 4.69) is 25.5 Å². The maximum absolute atomic E-state index is 11.6. The minimum absolute atomic E-state index is 0.0457. The Kier molecular flexibility index (Phi) is 2.50. The van der Waals surface area contributed by atoms with E-state index in [0.717, 1.165) is 11.8 Å². The number of carbonyl (C=O) groups excluding carboxylic acids is 1. The number of rotatable bonds is 2. The summed E-state index contributed by atoms with van der Waals surface area (Å²) in [5.74, 6) is -0.0813. The molecule has 7 heteroatoms. The molecule has 0 unspecified atom stereocenters. The number of amides is 1. The fourth-order valence-corrected chi connectivity index (χ4v) is 1.16. The first-order valence-corrected chi connectivity index (χ1v) is 4.53. The van der Waals surface area contributed by atoms with Crippen LogP contribution < -0.4 is 10.9 Å². The lowest BCUT2D eigenvalue weighted by molar-refractivity contribution is 0.102. The van der Waals surface area contributed by atoms with Crippen LogP contribution in [0, 0.1) is 6.92 Å². The molecule has 0 spiro atoms. The van der Waals surface area contributed by atoms with Crippen molar-refractivity contribution in [2.24, 2.45) is 0 Å². The second-order valence-corrected chi connectivity index (χ2v) is 3.19. The molecule has 0 bridgehead atoms. The van der Waals surface area contributed by atoms with Crippen LogP contribution >= 0.6 is 0 Å². The third kappa shape index (κ3) is 2.14. The lowest BCUT2D eigenvalue weighted by atomic mass is 10.3. The van der Waals surface area contributed by atoms with Gasteiger partial charge in [0.15, 0.2) is 5.82 Å². The van der Waals surface area contributed by atoms with E-state index >= 15 is 0 Å². The molecule has 0 radical (unpaired) electrons. The van der Waals surface area contributed by atoms with Gasteiger partial charge >= 0.3 is 0 Å². The van der Waals surface area contributed by atoms with Gasteiger partial charge in [0.05, 0.1) is 6.33 Å². The number of hydrogen-bond donors (Lipinski definition) is 3. The highest BCUT2D eigenvalue weighted by Gasteiger charge is 2.09. The lowest BCUT2D eigenvalue weighted by Crippen LogP contribution is -2.17. The molecule has 0 saturated heterocycles. The summed E-state index contributed by atoms with van der Waals surface area (Å²) >= 11 is 0. The van der Waals surface area contributed by atoms with Crippen molar-refractivity contribution in [1.29, 1.82) is 0 Å². The van der Waals surface area contributed by atoms with Crippen LogP contribution in [0.15, 0.2) is 23.3 Å². The second-order valence-electron chi connectivity index (χ2n) is 3.19. The normalized spacial score (nSPS) is 10.1. The summed E-state index contributed by atoms with van der Waals surface area (Å²) in [7, 11) is 0. The van der Waals surface area contributed by atoms with Crippen molar-refractivity contribution in [3.05, 3.63) is 40.2 Å². The van der Waals surface area contributed by atoms with E-state index in [1.807, 2.05) is 6.92 Å². The predicted molar refractivity (Wildman–Crippen MR) is 56.1 cm³/mol. The summed E-state index contributed by atoms with van der Waals surface area (Å²) in [6, 6.07) is 2.79. The molecule has 0 aliphatic heterocycles. The highest BCUT2D eigenvalue weighted by Crippen LogP contribution is 2.04. The fraction of sp³-hybridized carbons (Fsp3) is 0.111. The van der Waals surface area contributed by atoms with Gasteiger partial charge in [-0.15, -0.1) is 0 Å². The van der Waals surface area contributed by atoms with Crippen LogP contribution in [0.2, 0.25) is 0 Å². The van der Waals surface area contributed by atoms with Crippen molar-refractivity contribution in [1.82, 2.24) is 20.2 Å². The first kappa shape index (κ1) is 10.1. The molecule has 1 amide bonds. The summed E-state index contributed by atoms with van der Waals surface area (Å²) in [6.07, 6.45) is 1.17. The van der Waals surface area contributed by atoms with Crippen LogP contribution in [0.4, 0.5) is 5.82 Å². The Hall–Kier alpha value is -2.44. The SMILES string of the molecule is Cc1cc(NC(=O)c2cc(=O)[nH]cn2)n[nH]1. The average Bonchev–Trinajstić information content (AvgIpc) is 2.64. The molecular formula is C9H9N5O2. The average molecular weight is 219 g/mol. The molecule has 2 aromatic heterocycles. The number of nitrogens with one attached hydrogen (secondary N) is 3. The van der Waals surface area contributed by atoms with Gasteiger partial charge in [-0.3, -0.25) is 14.7 Å². The Morgan fingerprint density at radius 3 is 2.88 bits per heavy atom. The van der Waals surface area contributed by atoms with Crippen molar-refractivity contribution in [2.75, 3.05) is 5.32 Å². The summed E-state index contributed by atoms with van der Waals surface area (Å²) in [6.45, 7) is 1.81. The van der Waals surface area contributed by atoms with E-state index in [-0.39, 0.29) is 11.3 Å². The predicted octanol–water partition coefficient (Wildman–Crippen LogP) is 0.0537. The van der Waals surface area contributed by atoms with Crippen molar-refractivity contribution in [3.8, 4) is 0 Å². The number of aromatic nitrogens is 4. The van der Waals surface area contributed by atoms with Crippen molar-refractivity contribution < 1.29 is 4.79 Å². The maximum Gasteiger partial charge on any atom is 0.275 e. The summed E-state index contributed by atoms with van der Waals surface area (Å²) in [5.41, 5.74) is 0.497. The second kappa shape index (κ2) is 3.97. The first-order chi connectivity index (χ1) is 7.65. The number of aromatic amines is 2. The van der Waals surface area contributed by atoms with E-state index in [4.69, 9.17) is 0 Å². The van der Waals surface area contributed by atoms with Gasteiger partial charge in [-0.25, -0.2) is 4.98 Å². The van der Waals surface area contributed by atoms with Crippen molar-refractivity contribution in [3.63, 3.8) is 0 Å². The van der Waals surface area contributed by atoms with Gasteiger partial charge in [-0.05, 0) is 6.92 Å². The monoisotopic (exact) mass is 219 g/mol. The minimum Gasteiger partial charge on any atom is -0.313 e. The van der Waals surface area contributed by atoms with E-state index in [9.17, 15) is 9.59 Å². The molecule has 2 aromatic rings. The Morgan fingerprint density at radius 1 is 1.44 bits per heavy atom. The maximum atomic E-state index is 11.6. The third-order valence-electron chi connectivity index (χ3n) is 1.86. The van der Waals surface area contributed by atoms with Gasteiger partial charge < -0.3 is 10.3 Å². The van der Waals surface area contributed by atoms with Gasteiger partial charge in [0.1, 0.15) is 5.69 Å². The molecule has 3 N–H and O–H groups in total. The van der Waals surface area contributed by atoms with Crippen LogP contribution in [0.3, 0.4) is 0 Å². The van der Waals surface area contributed by atoms with E-state index in [1.54, 1.807) is 6.07 Å². The molecule has 2 heterocycles. The molecule has 16 heavy (non-hydrogen) atoms. The number of H-pyrrole nitrogens is 2. The molecule has 0 atom stereocenters. The molecule has 0 saturated carbocycles. The van der Waals surface area contributed by atoms with Crippen LogP contribution in [-0.4, -0.2) is 26.1 Å². The summed E-state index contributed by atoms with van der Waals surface area (Å²) in [4.78, 5) is 28.6. The van der Waals surface area contributed by atoms with Gasteiger partial charge in [-0.2, -0.15) is 5.10 Å².